The minimum Gasteiger partial charge on any atom is -0.352 e. The van der Waals surface area contributed by atoms with E-state index in [4.69, 9.17) is 0 Å². The monoisotopic (exact) mass is 313 g/mol. The van der Waals surface area contributed by atoms with Crippen LogP contribution in [0.1, 0.15) is 39.0 Å². The van der Waals surface area contributed by atoms with E-state index in [0.29, 0.717) is 17.9 Å². The molecule has 0 unspecified atom stereocenters. The maximum absolute atomic E-state index is 4.43. The molecule has 0 aliphatic rings. The van der Waals surface area contributed by atoms with E-state index in [-0.39, 0.29) is 0 Å². The van der Waals surface area contributed by atoms with Gasteiger partial charge in [0, 0.05) is 49.8 Å². The molecule has 0 spiro atoms. The van der Waals surface area contributed by atoms with E-state index < -0.39 is 0 Å². The number of rotatable bonds is 8. The highest BCUT2D eigenvalue weighted by molar-refractivity contribution is 5.25. The van der Waals surface area contributed by atoms with Crippen LogP contribution in [-0.4, -0.2) is 32.4 Å². The van der Waals surface area contributed by atoms with Crippen LogP contribution >= 0.6 is 0 Å². The van der Waals surface area contributed by atoms with Gasteiger partial charge in [-0.15, -0.1) is 0 Å². The van der Waals surface area contributed by atoms with Crippen molar-refractivity contribution in [2.45, 2.75) is 46.8 Å². The Bertz CT molecular complexity index is 566. The fraction of sp³-hybridized carbons (Fsp3) is 0.500. The second kappa shape index (κ2) is 8.58. The lowest BCUT2D eigenvalue weighted by Crippen LogP contribution is -2.27. The van der Waals surface area contributed by atoms with Crippen molar-refractivity contribution in [2.24, 2.45) is 5.92 Å². The number of anilines is 1. The average Bonchev–Trinajstić information content (AvgIpc) is 2.49. The van der Waals surface area contributed by atoms with E-state index >= 15 is 0 Å². The minimum absolute atomic E-state index is 0.336. The van der Waals surface area contributed by atoms with Crippen LogP contribution in [0.3, 0.4) is 0 Å². The zero-order valence-electron chi connectivity index (χ0n) is 14.5. The zero-order valence-corrected chi connectivity index (χ0v) is 14.5. The summed E-state index contributed by atoms with van der Waals surface area (Å²) in [6, 6.07) is 6.39. The Morgan fingerprint density at radius 2 is 1.74 bits per heavy atom. The summed E-state index contributed by atoms with van der Waals surface area (Å²) in [4.78, 5) is 15.6. The quantitative estimate of drug-likeness (QED) is 0.810. The normalized spacial score (nSPS) is 11.4. The average molecular weight is 313 g/mol. The van der Waals surface area contributed by atoms with Crippen molar-refractivity contribution in [1.82, 2.24) is 19.9 Å². The summed E-state index contributed by atoms with van der Waals surface area (Å²) in [7, 11) is 0. The molecule has 2 heterocycles. The molecule has 2 aromatic heterocycles. The predicted molar refractivity (Wildman–Crippen MR) is 94.0 cm³/mol. The second-order valence-corrected chi connectivity index (χ2v) is 6.60. The first kappa shape index (κ1) is 17.3. The fourth-order valence-corrected chi connectivity index (χ4v) is 2.45. The number of aromatic nitrogens is 3. The van der Waals surface area contributed by atoms with Crippen LogP contribution in [0.15, 0.2) is 36.8 Å². The smallest absolute Gasteiger partial charge is 0.222 e. The van der Waals surface area contributed by atoms with Gasteiger partial charge in [-0.05, 0) is 31.9 Å². The highest BCUT2D eigenvalue weighted by Crippen LogP contribution is 2.11. The molecule has 0 aliphatic heterocycles. The molecule has 23 heavy (non-hydrogen) atoms. The summed E-state index contributed by atoms with van der Waals surface area (Å²) < 4.78 is 0. The molecule has 2 aromatic rings. The third-order valence-corrected chi connectivity index (χ3v) is 3.26. The van der Waals surface area contributed by atoms with Crippen molar-refractivity contribution >= 4 is 5.95 Å². The maximum atomic E-state index is 4.43. The number of hydrogen-bond acceptors (Lipinski definition) is 5. The summed E-state index contributed by atoms with van der Waals surface area (Å²) in [5.41, 5.74) is 2.21. The van der Waals surface area contributed by atoms with Gasteiger partial charge >= 0.3 is 0 Å². The molecule has 5 nitrogen and oxygen atoms in total. The van der Waals surface area contributed by atoms with E-state index in [2.05, 4.69) is 58.9 Å². The first-order chi connectivity index (χ1) is 11.0. The lowest BCUT2D eigenvalue weighted by molar-refractivity contribution is 0.224. The van der Waals surface area contributed by atoms with Gasteiger partial charge in [-0.25, -0.2) is 9.97 Å². The third-order valence-electron chi connectivity index (χ3n) is 3.26. The third kappa shape index (κ3) is 6.32. The fourth-order valence-electron chi connectivity index (χ4n) is 2.45. The van der Waals surface area contributed by atoms with Gasteiger partial charge in [-0.3, -0.25) is 9.88 Å². The van der Waals surface area contributed by atoms with Crippen molar-refractivity contribution in [3.63, 3.8) is 0 Å². The number of pyridine rings is 1. The minimum atomic E-state index is 0.336. The van der Waals surface area contributed by atoms with Gasteiger partial charge < -0.3 is 5.32 Å². The molecule has 0 saturated heterocycles. The highest BCUT2D eigenvalue weighted by Gasteiger charge is 2.11. The van der Waals surface area contributed by atoms with E-state index in [9.17, 15) is 0 Å². The molecule has 0 saturated carbocycles. The van der Waals surface area contributed by atoms with Crippen LogP contribution < -0.4 is 5.32 Å². The highest BCUT2D eigenvalue weighted by atomic mass is 15.1. The lowest BCUT2D eigenvalue weighted by atomic mass is 10.2. The van der Waals surface area contributed by atoms with Gasteiger partial charge in [0.15, 0.2) is 0 Å². The first-order valence-electron chi connectivity index (χ1n) is 8.22. The Kier molecular flexibility index (Phi) is 6.47. The van der Waals surface area contributed by atoms with Crippen LogP contribution in [0.5, 0.6) is 0 Å². The molecular weight excluding hydrogens is 286 g/mol. The summed E-state index contributed by atoms with van der Waals surface area (Å²) >= 11 is 0. The summed E-state index contributed by atoms with van der Waals surface area (Å²) in [6.45, 7) is 11.3. The molecule has 0 atom stereocenters. The Hall–Kier alpha value is -2.01. The van der Waals surface area contributed by atoms with Crippen molar-refractivity contribution in [2.75, 3.05) is 11.9 Å². The maximum Gasteiger partial charge on any atom is 0.222 e. The summed E-state index contributed by atoms with van der Waals surface area (Å²) in [5.74, 6) is 1.28. The van der Waals surface area contributed by atoms with Gasteiger partial charge in [0.1, 0.15) is 0 Å². The summed E-state index contributed by atoms with van der Waals surface area (Å²) in [6.07, 6.45) is 5.66. The van der Waals surface area contributed by atoms with E-state index in [1.807, 2.05) is 30.7 Å². The molecule has 0 amide bonds. The van der Waals surface area contributed by atoms with Crippen LogP contribution in [0.25, 0.3) is 0 Å². The van der Waals surface area contributed by atoms with Gasteiger partial charge in [-0.1, -0.05) is 19.9 Å². The molecule has 1 N–H and O–H groups in total. The zero-order chi connectivity index (χ0) is 16.7. The van der Waals surface area contributed by atoms with Gasteiger partial charge in [-0.2, -0.15) is 0 Å². The van der Waals surface area contributed by atoms with Crippen LogP contribution in [-0.2, 0) is 13.1 Å². The van der Waals surface area contributed by atoms with Gasteiger partial charge in [0.05, 0.1) is 5.69 Å². The Labute approximate surface area is 139 Å². The van der Waals surface area contributed by atoms with E-state index in [1.165, 1.54) is 0 Å². The molecular formula is C18H27N5. The van der Waals surface area contributed by atoms with Crippen molar-refractivity contribution < 1.29 is 0 Å². The van der Waals surface area contributed by atoms with Gasteiger partial charge in [0.2, 0.25) is 5.95 Å². The molecule has 0 bridgehead atoms. The van der Waals surface area contributed by atoms with Crippen LogP contribution in [0.2, 0.25) is 0 Å². The van der Waals surface area contributed by atoms with Crippen LogP contribution in [0.4, 0.5) is 5.95 Å². The molecule has 5 heteroatoms. The number of nitrogens with zero attached hydrogens (tertiary/aromatic N) is 4. The largest absolute Gasteiger partial charge is 0.352 e. The second-order valence-electron chi connectivity index (χ2n) is 6.60. The van der Waals surface area contributed by atoms with E-state index in [1.54, 1.807) is 0 Å². The topological polar surface area (TPSA) is 53.9 Å². The molecule has 124 valence electrons. The molecule has 0 radical (unpaired) electrons. The number of hydrogen-bond donors (Lipinski definition) is 1. The first-order valence-corrected chi connectivity index (χ1v) is 8.22. The molecule has 2 rings (SSSR count). The van der Waals surface area contributed by atoms with Crippen molar-refractivity contribution in [3.05, 3.63) is 48.0 Å². The predicted octanol–water partition coefficient (Wildman–Crippen LogP) is 3.35. The van der Waals surface area contributed by atoms with Gasteiger partial charge in [0.25, 0.3) is 0 Å². The molecule has 0 aliphatic carbocycles. The SMILES string of the molecule is CC(C)CN(Cc1cnc(NC(C)C)nc1)Cc1ccccn1. The van der Waals surface area contributed by atoms with Crippen molar-refractivity contribution in [1.29, 1.82) is 0 Å². The Morgan fingerprint density at radius 3 is 2.30 bits per heavy atom. The molecule has 0 aromatic carbocycles. The van der Waals surface area contributed by atoms with Crippen LogP contribution in [0, 0.1) is 5.92 Å². The Balaban J connectivity index is 2.02. The standard InChI is InChI=1S/C18H27N5/c1-14(2)11-23(13-17-7-5-6-8-19-17)12-16-9-20-18(21-10-16)22-15(3)4/h5-10,14-15H,11-13H2,1-4H3,(H,20,21,22). The van der Waals surface area contributed by atoms with E-state index in [0.717, 1.165) is 30.9 Å². The van der Waals surface area contributed by atoms with Crippen molar-refractivity contribution in [3.8, 4) is 0 Å². The Morgan fingerprint density at radius 1 is 1.00 bits per heavy atom. The lowest BCUT2D eigenvalue weighted by Gasteiger charge is -2.23. The summed E-state index contributed by atoms with van der Waals surface area (Å²) in [5, 5.41) is 3.21. The number of nitrogens with one attached hydrogen (secondary N) is 1. The molecule has 0 fully saturated rings.